The molecule has 104 valence electrons. The standard InChI is InChI=1S/C14H16N4O2/c1-2-16-13(19)8-17-14(20)10-7-12(15)18-11-6-4-3-5-9(10)11/h3-7H,2,8H2,1H3,(H2,15,18)(H,16,19)(H,17,20). The summed E-state index contributed by atoms with van der Waals surface area (Å²) < 4.78 is 0. The van der Waals surface area contributed by atoms with E-state index in [0.29, 0.717) is 23.0 Å². The fraction of sp³-hybridized carbons (Fsp3) is 0.214. The third kappa shape index (κ3) is 3.03. The summed E-state index contributed by atoms with van der Waals surface area (Å²) in [7, 11) is 0. The number of para-hydroxylation sites is 1. The van der Waals surface area contributed by atoms with Gasteiger partial charge in [0.1, 0.15) is 5.82 Å². The Morgan fingerprint density at radius 1 is 1.25 bits per heavy atom. The van der Waals surface area contributed by atoms with Gasteiger partial charge in [0, 0.05) is 11.9 Å². The number of nitrogens with two attached hydrogens (primary N) is 1. The number of rotatable bonds is 4. The number of fused-ring (bicyclic) bond motifs is 1. The molecule has 0 fully saturated rings. The van der Waals surface area contributed by atoms with Crippen molar-refractivity contribution in [3.63, 3.8) is 0 Å². The van der Waals surface area contributed by atoms with Gasteiger partial charge in [-0.1, -0.05) is 18.2 Å². The van der Waals surface area contributed by atoms with Gasteiger partial charge in [-0.05, 0) is 19.1 Å². The van der Waals surface area contributed by atoms with E-state index in [1.807, 2.05) is 19.1 Å². The first kappa shape index (κ1) is 13.8. The number of carbonyl (C=O) groups is 2. The average Bonchev–Trinajstić information content (AvgIpc) is 2.44. The Balaban J connectivity index is 2.23. The van der Waals surface area contributed by atoms with Gasteiger partial charge in [-0.2, -0.15) is 0 Å². The Labute approximate surface area is 116 Å². The molecule has 0 saturated carbocycles. The van der Waals surface area contributed by atoms with E-state index in [-0.39, 0.29) is 24.2 Å². The number of hydrogen-bond donors (Lipinski definition) is 3. The van der Waals surface area contributed by atoms with E-state index in [1.165, 1.54) is 6.07 Å². The molecule has 0 bridgehead atoms. The number of aromatic nitrogens is 1. The SMILES string of the molecule is CCNC(=O)CNC(=O)c1cc(N)nc2ccccc12. The zero-order chi connectivity index (χ0) is 14.5. The van der Waals surface area contributed by atoms with Crippen LogP contribution in [0.5, 0.6) is 0 Å². The normalized spacial score (nSPS) is 10.2. The zero-order valence-electron chi connectivity index (χ0n) is 11.1. The molecule has 0 aliphatic rings. The number of benzene rings is 1. The molecule has 0 atom stereocenters. The van der Waals surface area contributed by atoms with Gasteiger partial charge in [0.2, 0.25) is 5.91 Å². The summed E-state index contributed by atoms with van der Waals surface area (Å²) in [5, 5.41) is 5.88. The van der Waals surface area contributed by atoms with Gasteiger partial charge < -0.3 is 16.4 Å². The highest BCUT2D eigenvalue weighted by atomic mass is 16.2. The van der Waals surface area contributed by atoms with Gasteiger partial charge in [-0.25, -0.2) is 4.98 Å². The maximum Gasteiger partial charge on any atom is 0.252 e. The first-order valence-corrected chi connectivity index (χ1v) is 6.32. The molecule has 0 radical (unpaired) electrons. The second-order valence-electron chi connectivity index (χ2n) is 4.25. The van der Waals surface area contributed by atoms with Crippen LogP contribution >= 0.6 is 0 Å². The Kier molecular flexibility index (Phi) is 4.14. The largest absolute Gasteiger partial charge is 0.384 e. The van der Waals surface area contributed by atoms with Crippen LogP contribution in [0, 0.1) is 0 Å². The van der Waals surface area contributed by atoms with Crippen molar-refractivity contribution in [1.29, 1.82) is 0 Å². The Hall–Kier alpha value is -2.63. The fourth-order valence-electron chi connectivity index (χ4n) is 1.90. The second-order valence-corrected chi connectivity index (χ2v) is 4.25. The van der Waals surface area contributed by atoms with Crippen LogP contribution in [0.25, 0.3) is 10.9 Å². The van der Waals surface area contributed by atoms with Crippen molar-refractivity contribution in [3.8, 4) is 0 Å². The van der Waals surface area contributed by atoms with Crippen molar-refractivity contribution in [2.24, 2.45) is 0 Å². The van der Waals surface area contributed by atoms with Crippen molar-refractivity contribution in [3.05, 3.63) is 35.9 Å². The van der Waals surface area contributed by atoms with Crippen LogP contribution in [0.2, 0.25) is 0 Å². The molecule has 0 unspecified atom stereocenters. The zero-order valence-corrected chi connectivity index (χ0v) is 11.1. The first-order valence-electron chi connectivity index (χ1n) is 6.32. The number of nitrogen functional groups attached to an aromatic ring is 1. The number of nitrogens with one attached hydrogen (secondary N) is 2. The van der Waals surface area contributed by atoms with Crippen LogP contribution in [-0.4, -0.2) is 29.9 Å². The molecule has 2 aromatic rings. The monoisotopic (exact) mass is 272 g/mol. The molecular formula is C14H16N4O2. The van der Waals surface area contributed by atoms with E-state index in [0.717, 1.165) is 0 Å². The maximum absolute atomic E-state index is 12.1. The summed E-state index contributed by atoms with van der Waals surface area (Å²) in [6, 6.07) is 8.73. The van der Waals surface area contributed by atoms with E-state index in [4.69, 9.17) is 5.73 Å². The number of hydrogen-bond acceptors (Lipinski definition) is 4. The smallest absolute Gasteiger partial charge is 0.252 e. The number of carbonyl (C=O) groups excluding carboxylic acids is 2. The number of likely N-dealkylation sites (N-methyl/N-ethyl adjacent to an activating group) is 1. The summed E-state index contributed by atoms with van der Waals surface area (Å²) >= 11 is 0. The molecule has 6 nitrogen and oxygen atoms in total. The van der Waals surface area contributed by atoms with Gasteiger partial charge in [-0.15, -0.1) is 0 Å². The topological polar surface area (TPSA) is 97.1 Å². The van der Waals surface area contributed by atoms with Gasteiger partial charge >= 0.3 is 0 Å². The molecule has 1 heterocycles. The maximum atomic E-state index is 12.1. The lowest BCUT2D eigenvalue weighted by atomic mass is 10.1. The molecule has 0 spiro atoms. The highest BCUT2D eigenvalue weighted by molar-refractivity contribution is 6.07. The number of nitrogens with zero attached hydrogens (tertiary/aromatic N) is 1. The Bertz CT molecular complexity index is 655. The average molecular weight is 272 g/mol. The van der Waals surface area contributed by atoms with E-state index in [1.54, 1.807) is 12.1 Å². The molecule has 1 aromatic carbocycles. The predicted octanol–water partition coefficient (Wildman–Crippen LogP) is 0.683. The van der Waals surface area contributed by atoms with Crippen molar-refractivity contribution < 1.29 is 9.59 Å². The van der Waals surface area contributed by atoms with E-state index >= 15 is 0 Å². The van der Waals surface area contributed by atoms with Gasteiger partial charge in [0.15, 0.2) is 0 Å². The summed E-state index contributed by atoms with van der Waals surface area (Å²) in [6.45, 7) is 2.28. The minimum Gasteiger partial charge on any atom is -0.384 e. The lowest BCUT2D eigenvalue weighted by molar-refractivity contribution is -0.120. The number of amides is 2. The number of pyridine rings is 1. The van der Waals surface area contributed by atoms with Crippen LogP contribution in [-0.2, 0) is 4.79 Å². The Morgan fingerprint density at radius 2 is 2.00 bits per heavy atom. The third-order valence-electron chi connectivity index (χ3n) is 2.76. The quantitative estimate of drug-likeness (QED) is 0.762. The molecule has 20 heavy (non-hydrogen) atoms. The minimum atomic E-state index is -0.346. The van der Waals surface area contributed by atoms with Crippen LogP contribution in [0.15, 0.2) is 30.3 Å². The van der Waals surface area contributed by atoms with Crippen LogP contribution < -0.4 is 16.4 Å². The van der Waals surface area contributed by atoms with Crippen LogP contribution in [0.4, 0.5) is 5.82 Å². The van der Waals surface area contributed by atoms with E-state index in [2.05, 4.69) is 15.6 Å². The summed E-state index contributed by atoms with van der Waals surface area (Å²) in [5.41, 5.74) is 6.76. The lowest BCUT2D eigenvalue weighted by Gasteiger charge is -2.08. The highest BCUT2D eigenvalue weighted by Crippen LogP contribution is 2.19. The molecule has 2 amide bonds. The van der Waals surface area contributed by atoms with Crippen molar-refractivity contribution in [1.82, 2.24) is 15.6 Å². The fourth-order valence-corrected chi connectivity index (χ4v) is 1.90. The molecule has 0 aliphatic heterocycles. The lowest BCUT2D eigenvalue weighted by Crippen LogP contribution is -2.36. The molecule has 0 aliphatic carbocycles. The third-order valence-corrected chi connectivity index (χ3v) is 2.76. The molecular weight excluding hydrogens is 256 g/mol. The van der Waals surface area contributed by atoms with Crippen LogP contribution in [0.3, 0.4) is 0 Å². The van der Waals surface area contributed by atoms with Crippen molar-refractivity contribution in [2.75, 3.05) is 18.8 Å². The molecule has 1 aromatic heterocycles. The molecule has 2 rings (SSSR count). The minimum absolute atomic E-state index is 0.0662. The molecule has 4 N–H and O–H groups in total. The van der Waals surface area contributed by atoms with E-state index < -0.39 is 0 Å². The predicted molar refractivity (Wildman–Crippen MR) is 77.2 cm³/mol. The molecule has 0 saturated heterocycles. The van der Waals surface area contributed by atoms with Gasteiger partial charge in [0.05, 0.1) is 17.6 Å². The van der Waals surface area contributed by atoms with Crippen LogP contribution in [0.1, 0.15) is 17.3 Å². The van der Waals surface area contributed by atoms with E-state index in [9.17, 15) is 9.59 Å². The Morgan fingerprint density at radius 3 is 2.75 bits per heavy atom. The summed E-state index contributed by atoms with van der Waals surface area (Å²) in [5.74, 6) is -0.305. The van der Waals surface area contributed by atoms with Gasteiger partial charge in [-0.3, -0.25) is 9.59 Å². The molecule has 6 heteroatoms. The first-order chi connectivity index (χ1) is 9.61. The summed E-state index contributed by atoms with van der Waals surface area (Å²) in [4.78, 5) is 27.7. The second kappa shape index (κ2) is 6.01. The van der Waals surface area contributed by atoms with Crippen molar-refractivity contribution in [2.45, 2.75) is 6.92 Å². The van der Waals surface area contributed by atoms with Gasteiger partial charge in [0.25, 0.3) is 5.91 Å². The van der Waals surface area contributed by atoms with Crippen molar-refractivity contribution >= 4 is 28.5 Å². The number of anilines is 1. The summed E-state index contributed by atoms with van der Waals surface area (Å²) in [6.07, 6.45) is 0. The highest BCUT2D eigenvalue weighted by Gasteiger charge is 2.12.